The molecule has 0 rings (SSSR count). The van der Waals surface area contributed by atoms with Crippen molar-refractivity contribution in [1.82, 2.24) is 0 Å². The van der Waals surface area contributed by atoms with E-state index in [-0.39, 0.29) is 13.1 Å². The van der Waals surface area contributed by atoms with E-state index in [1.54, 1.807) is 0 Å². The Hall–Kier alpha value is -0.0151. The van der Waals surface area contributed by atoms with Gasteiger partial charge >= 0.3 is 7.69 Å². The number of hydrogen-bond acceptors (Lipinski definition) is 2. The Morgan fingerprint density at radius 2 is 2.00 bits per heavy atom. The molecule has 0 fully saturated rings. The molecule has 1 N–H and O–H groups in total. The summed E-state index contributed by atoms with van der Waals surface area (Å²) in [5, 5.41) is 8.21. The first kappa shape index (κ1) is 7.98. The maximum absolute atomic E-state index is 8.21. The van der Waals surface area contributed by atoms with E-state index in [1.165, 1.54) is 0 Å². The highest BCUT2D eigenvalue weighted by Gasteiger charge is 2.08. The highest BCUT2D eigenvalue weighted by Crippen LogP contribution is 2.11. The molecule has 3 heteroatoms. The predicted molar refractivity (Wildman–Crippen MR) is 34.8 cm³/mol. The summed E-state index contributed by atoms with van der Waals surface area (Å²) in [4.78, 5) is 0. The van der Waals surface area contributed by atoms with Gasteiger partial charge in [-0.3, -0.25) is 0 Å². The molecular weight excluding hydrogens is 103 g/mol. The Morgan fingerprint density at radius 3 is 2.12 bits per heavy atom. The Morgan fingerprint density at radius 1 is 1.50 bits per heavy atom. The van der Waals surface area contributed by atoms with Gasteiger partial charge < -0.3 is 9.68 Å². The molecule has 0 aromatic heterocycles. The molecule has 0 saturated carbocycles. The van der Waals surface area contributed by atoms with Gasteiger partial charge in [0.05, 0.1) is 0 Å². The third kappa shape index (κ3) is 5.98. The fourth-order valence-electron chi connectivity index (χ4n) is 0.352. The van der Waals surface area contributed by atoms with Crippen LogP contribution in [0.4, 0.5) is 0 Å². The zero-order valence-electron chi connectivity index (χ0n) is 5.77. The van der Waals surface area contributed by atoms with Crippen molar-refractivity contribution >= 4 is 7.69 Å². The molecule has 2 nitrogen and oxygen atoms in total. The van der Waals surface area contributed by atoms with Crippen LogP contribution < -0.4 is 0 Å². The molecular formula is C5H13BO2. The smallest absolute Gasteiger partial charge is 0.430 e. The normalized spacial score (nSPS) is 11.5. The zero-order valence-corrected chi connectivity index (χ0v) is 5.77. The van der Waals surface area contributed by atoms with Crippen molar-refractivity contribution in [2.75, 3.05) is 6.61 Å². The lowest BCUT2D eigenvalue weighted by atomic mass is 9.98. The van der Waals surface area contributed by atoms with Crippen LogP contribution in [0.3, 0.4) is 0 Å². The predicted octanol–water partition coefficient (Wildman–Crippen LogP) is 0.308. The molecule has 0 aliphatic carbocycles. The van der Waals surface area contributed by atoms with Crippen LogP contribution in [0.15, 0.2) is 0 Å². The van der Waals surface area contributed by atoms with E-state index < -0.39 is 0 Å². The average molecular weight is 116 g/mol. The summed E-state index contributed by atoms with van der Waals surface area (Å²) in [6.45, 7) is 6.79. The van der Waals surface area contributed by atoms with Crippen molar-refractivity contribution in [3.05, 3.63) is 0 Å². The molecule has 0 spiro atoms. The quantitative estimate of drug-likeness (QED) is 0.526. The van der Waals surface area contributed by atoms with Crippen molar-refractivity contribution < 1.29 is 9.68 Å². The highest BCUT2D eigenvalue weighted by molar-refractivity contribution is 6.15. The fraction of sp³-hybridized carbons (Fsp3) is 1.00. The minimum absolute atomic E-state index is 0.169. The molecule has 0 saturated heterocycles. The summed E-state index contributed by atoms with van der Waals surface area (Å²) < 4.78 is 4.75. The molecule has 0 aliphatic rings. The summed E-state index contributed by atoms with van der Waals surface area (Å²) >= 11 is 0. The van der Waals surface area contributed by atoms with Gasteiger partial charge in [-0.05, 0) is 5.41 Å². The van der Waals surface area contributed by atoms with Gasteiger partial charge in [0, 0.05) is 6.61 Å². The summed E-state index contributed by atoms with van der Waals surface area (Å²) in [7, 11) is -0.169. The fourth-order valence-corrected chi connectivity index (χ4v) is 0.352. The van der Waals surface area contributed by atoms with Crippen LogP contribution in [0.5, 0.6) is 0 Å². The first-order chi connectivity index (χ1) is 3.56. The van der Waals surface area contributed by atoms with Crippen molar-refractivity contribution in [1.29, 1.82) is 0 Å². The van der Waals surface area contributed by atoms with E-state index in [2.05, 4.69) is 20.8 Å². The van der Waals surface area contributed by atoms with Crippen LogP contribution in [0.1, 0.15) is 20.8 Å². The van der Waals surface area contributed by atoms with Crippen molar-refractivity contribution in [2.24, 2.45) is 5.41 Å². The van der Waals surface area contributed by atoms with E-state index >= 15 is 0 Å². The molecule has 0 aliphatic heterocycles. The van der Waals surface area contributed by atoms with E-state index in [1.807, 2.05) is 0 Å². The first-order valence-corrected chi connectivity index (χ1v) is 2.75. The Kier molecular flexibility index (Phi) is 3.09. The van der Waals surface area contributed by atoms with Crippen molar-refractivity contribution in [2.45, 2.75) is 20.8 Å². The van der Waals surface area contributed by atoms with Crippen LogP contribution in [0.2, 0.25) is 0 Å². The van der Waals surface area contributed by atoms with Crippen LogP contribution in [-0.4, -0.2) is 19.3 Å². The lowest BCUT2D eigenvalue weighted by Crippen LogP contribution is -2.16. The molecule has 48 valence electrons. The molecule has 0 aromatic carbocycles. The third-order valence-electron chi connectivity index (χ3n) is 0.626. The Bertz CT molecular complexity index is 57.9. The van der Waals surface area contributed by atoms with E-state index in [0.717, 1.165) is 0 Å². The topological polar surface area (TPSA) is 29.5 Å². The summed E-state index contributed by atoms with van der Waals surface area (Å²) in [6.07, 6.45) is 0. The average Bonchev–Trinajstić information content (AvgIpc) is 1.59. The summed E-state index contributed by atoms with van der Waals surface area (Å²) in [5.41, 5.74) is 0.169. The van der Waals surface area contributed by atoms with Crippen molar-refractivity contribution in [3.63, 3.8) is 0 Å². The minimum Gasteiger partial charge on any atom is -0.430 e. The maximum atomic E-state index is 8.21. The molecule has 0 amide bonds. The van der Waals surface area contributed by atoms with Gasteiger partial charge in [-0.1, -0.05) is 20.8 Å². The summed E-state index contributed by atoms with van der Waals surface area (Å²) in [6, 6.07) is 0. The second kappa shape index (κ2) is 3.10. The van der Waals surface area contributed by atoms with Crippen LogP contribution in [-0.2, 0) is 4.65 Å². The lowest BCUT2D eigenvalue weighted by molar-refractivity contribution is 0.182. The molecule has 0 atom stereocenters. The third-order valence-corrected chi connectivity index (χ3v) is 0.626. The van der Waals surface area contributed by atoms with Gasteiger partial charge in [0.15, 0.2) is 0 Å². The van der Waals surface area contributed by atoms with Gasteiger partial charge in [-0.2, -0.15) is 0 Å². The van der Waals surface area contributed by atoms with Crippen LogP contribution in [0.25, 0.3) is 0 Å². The molecule has 0 unspecified atom stereocenters. The minimum atomic E-state index is -0.169. The second-order valence-corrected chi connectivity index (χ2v) is 3.04. The number of rotatable bonds is 2. The highest BCUT2D eigenvalue weighted by atomic mass is 16.5. The number of hydrogen-bond donors (Lipinski definition) is 1. The van der Waals surface area contributed by atoms with Gasteiger partial charge in [-0.15, -0.1) is 0 Å². The SMILES string of the molecule is CC(C)(C)COBO. The standard InChI is InChI=1S/C5H13BO2/c1-5(2,3)4-8-6-7/h6-7H,4H2,1-3H3. The molecule has 0 heterocycles. The van der Waals surface area contributed by atoms with Crippen LogP contribution in [0, 0.1) is 5.41 Å². The van der Waals surface area contributed by atoms with E-state index in [0.29, 0.717) is 6.61 Å². The molecule has 8 heavy (non-hydrogen) atoms. The Labute approximate surface area is 51.2 Å². The monoisotopic (exact) mass is 116 g/mol. The second-order valence-electron chi connectivity index (χ2n) is 3.04. The van der Waals surface area contributed by atoms with Crippen LogP contribution >= 0.6 is 0 Å². The Balaban J connectivity index is 3.11. The maximum Gasteiger partial charge on any atom is 0.435 e. The largest absolute Gasteiger partial charge is 0.435 e. The zero-order chi connectivity index (χ0) is 6.62. The molecule has 0 radical (unpaired) electrons. The van der Waals surface area contributed by atoms with Gasteiger partial charge in [0.1, 0.15) is 0 Å². The molecule has 0 aromatic rings. The van der Waals surface area contributed by atoms with Gasteiger partial charge in [-0.25, -0.2) is 0 Å². The van der Waals surface area contributed by atoms with Crippen molar-refractivity contribution in [3.8, 4) is 0 Å². The molecule has 0 bridgehead atoms. The lowest BCUT2D eigenvalue weighted by Gasteiger charge is -2.16. The van der Waals surface area contributed by atoms with E-state index in [9.17, 15) is 0 Å². The first-order valence-electron chi connectivity index (χ1n) is 2.75. The van der Waals surface area contributed by atoms with Gasteiger partial charge in [0.2, 0.25) is 0 Å². The van der Waals surface area contributed by atoms with Gasteiger partial charge in [0.25, 0.3) is 0 Å². The summed E-state index contributed by atoms with van der Waals surface area (Å²) in [5.74, 6) is 0. The van der Waals surface area contributed by atoms with E-state index in [4.69, 9.17) is 9.68 Å².